The molecule has 0 aliphatic heterocycles. The van der Waals surface area contributed by atoms with E-state index >= 15 is 0 Å². The number of rotatable bonds is 6. The molecule has 0 radical (unpaired) electrons. The fourth-order valence-electron chi connectivity index (χ4n) is 1.85. The quantitative estimate of drug-likeness (QED) is 0.798. The number of ether oxygens (including phenoxy) is 1. The summed E-state index contributed by atoms with van der Waals surface area (Å²) in [7, 11) is 0. The average molecular weight is 219 g/mol. The summed E-state index contributed by atoms with van der Waals surface area (Å²) in [5.74, 6) is 1.08. The molecule has 2 N–H and O–H groups in total. The van der Waals surface area contributed by atoms with Crippen LogP contribution < -0.4 is 10.5 Å². The van der Waals surface area contributed by atoms with Crippen LogP contribution >= 0.6 is 0 Å². The van der Waals surface area contributed by atoms with Crippen LogP contribution in [0.15, 0.2) is 18.2 Å². The molecule has 0 saturated heterocycles. The van der Waals surface area contributed by atoms with Gasteiger partial charge in [-0.3, -0.25) is 0 Å². The van der Waals surface area contributed by atoms with Gasteiger partial charge in [0.1, 0.15) is 5.75 Å². The average Bonchev–Trinajstić information content (AvgIpc) is 3.11. The molecule has 16 heavy (non-hydrogen) atoms. The Kier molecular flexibility index (Phi) is 3.83. The van der Waals surface area contributed by atoms with Crippen molar-refractivity contribution in [3.63, 3.8) is 0 Å². The summed E-state index contributed by atoms with van der Waals surface area (Å²) in [6.45, 7) is 2.95. The highest BCUT2D eigenvalue weighted by Gasteiger charge is 2.24. The van der Waals surface area contributed by atoms with Gasteiger partial charge in [0.2, 0.25) is 0 Å². The van der Waals surface area contributed by atoms with Gasteiger partial charge in [-0.05, 0) is 55.8 Å². The normalized spacial score (nSPS) is 15.1. The predicted octanol–water partition coefficient (Wildman–Crippen LogP) is 2.68. The molecule has 1 aromatic rings. The SMILES string of the molecule is CCc1cc(CCCN)ccc1OC1CC1. The Bertz CT molecular complexity index is 345. The first kappa shape index (κ1) is 11.5. The monoisotopic (exact) mass is 219 g/mol. The molecule has 0 heterocycles. The van der Waals surface area contributed by atoms with Gasteiger partial charge in [-0.2, -0.15) is 0 Å². The largest absolute Gasteiger partial charge is 0.490 e. The van der Waals surface area contributed by atoms with Gasteiger partial charge in [0, 0.05) is 0 Å². The second-order valence-corrected chi connectivity index (χ2v) is 4.51. The Labute approximate surface area is 97.8 Å². The van der Waals surface area contributed by atoms with Gasteiger partial charge in [-0.1, -0.05) is 19.1 Å². The highest BCUT2D eigenvalue weighted by atomic mass is 16.5. The van der Waals surface area contributed by atoms with Crippen LogP contribution in [-0.2, 0) is 12.8 Å². The maximum Gasteiger partial charge on any atom is 0.122 e. The van der Waals surface area contributed by atoms with Crippen LogP contribution in [-0.4, -0.2) is 12.6 Å². The summed E-state index contributed by atoms with van der Waals surface area (Å²) in [6, 6.07) is 6.57. The topological polar surface area (TPSA) is 35.2 Å². The number of benzene rings is 1. The number of hydrogen-bond donors (Lipinski definition) is 1. The van der Waals surface area contributed by atoms with Crippen LogP contribution in [0.3, 0.4) is 0 Å². The third-order valence-corrected chi connectivity index (χ3v) is 2.99. The molecule has 1 aliphatic carbocycles. The van der Waals surface area contributed by atoms with E-state index in [9.17, 15) is 0 Å². The first-order valence-corrected chi connectivity index (χ1v) is 6.32. The summed E-state index contributed by atoms with van der Waals surface area (Å²) >= 11 is 0. The summed E-state index contributed by atoms with van der Waals surface area (Å²) in [4.78, 5) is 0. The molecule has 0 amide bonds. The first-order valence-electron chi connectivity index (χ1n) is 6.32. The van der Waals surface area contributed by atoms with Crippen molar-refractivity contribution in [2.24, 2.45) is 5.73 Å². The zero-order chi connectivity index (χ0) is 11.4. The van der Waals surface area contributed by atoms with Gasteiger partial charge in [0.05, 0.1) is 6.10 Å². The van der Waals surface area contributed by atoms with Crippen molar-refractivity contribution >= 4 is 0 Å². The highest BCUT2D eigenvalue weighted by molar-refractivity contribution is 5.37. The second-order valence-electron chi connectivity index (χ2n) is 4.51. The third kappa shape index (κ3) is 2.99. The van der Waals surface area contributed by atoms with Crippen LogP contribution in [0.2, 0.25) is 0 Å². The van der Waals surface area contributed by atoms with E-state index in [1.54, 1.807) is 0 Å². The Morgan fingerprint density at radius 2 is 2.19 bits per heavy atom. The molecular weight excluding hydrogens is 198 g/mol. The van der Waals surface area contributed by atoms with Crippen LogP contribution in [0.4, 0.5) is 0 Å². The van der Waals surface area contributed by atoms with Gasteiger partial charge in [0.25, 0.3) is 0 Å². The fourth-order valence-corrected chi connectivity index (χ4v) is 1.85. The minimum Gasteiger partial charge on any atom is -0.490 e. The number of nitrogens with two attached hydrogens (primary N) is 1. The van der Waals surface area contributed by atoms with E-state index in [0.29, 0.717) is 6.10 Å². The standard InChI is InChI=1S/C14H21NO/c1-2-12-10-11(4-3-9-15)5-8-14(12)16-13-6-7-13/h5,8,10,13H,2-4,6-7,9,15H2,1H3. The van der Waals surface area contributed by atoms with Crippen molar-refractivity contribution in [3.8, 4) is 5.75 Å². The summed E-state index contributed by atoms with van der Waals surface area (Å²) < 4.78 is 5.88. The lowest BCUT2D eigenvalue weighted by Crippen LogP contribution is -2.02. The number of hydrogen-bond acceptors (Lipinski definition) is 2. The molecule has 2 nitrogen and oxygen atoms in total. The maximum atomic E-state index is 5.88. The van der Waals surface area contributed by atoms with E-state index in [2.05, 4.69) is 25.1 Å². The third-order valence-electron chi connectivity index (χ3n) is 2.99. The molecule has 0 unspecified atom stereocenters. The zero-order valence-corrected chi connectivity index (χ0v) is 10.0. The molecule has 0 aromatic heterocycles. The van der Waals surface area contributed by atoms with Crippen molar-refractivity contribution in [1.29, 1.82) is 0 Å². The molecule has 1 aliphatic rings. The van der Waals surface area contributed by atoms with Crippen molar-refractivity contribution < 1.29 is 4.74 Å². The zero-order valence-electron chi connectivity index (χ0n) is 10.0. The van der Waals surface area contributed by atoms with Crippen molar-refractivity contribution in [2.45, 2.75) is 45.1 Å². The Morgan fingerprint density at radius 3 is 2.81 bits per heavy atom. The number of aryl methyl sites for hydroxylation is 2. The highest BCUT2D eigenvalue weighted by Crippen LogP contribution is 2.30. The van der Waals surface area contributed by atoms with Crippen LogP contribution in [0, 0.1) is 0 Å². The van der Waals surface area contributed by atoms with E-state index in [1.165, 1.54) is 24.0 Å². The van der Waals surface area contributed by atoms with Crippen LogP contribution in [0.1, 0.15) is 37.3 Å². The van der Waals surface area contributed by atoms with Gasteiger partial charge >= 0.3 is 0 Å². The summed E-state index contributed by atoms with van der Waals surface area (Å²) in [5, 5.41) is 0. The van der Waals surface area contributed by atoms with E-state index in [1.807, 2.05) is 0 Å². The van der Waals surface area contributed by atoms with E-state index < -0.39 is 0 Å². The van der Waals surface area contributed by atoms with Crippen LogP contribution in [0.25, 0.3) is 0 Å². The molecule has 2 rings (SSSR count). The minimum absolute atomic E-state index is 0.486. The molecule has 0 atom stereocenters. The Balaban J connectivity index is 2.06. The molecule has 1 aromatic carbocycles. The Morgan fingerprint density at radius 1 is 1.38 bits per heavy atom. The lowest BCUT2D eigenvalue weighted by Gasteiger charge is -2.11. The van der Waals surface area contributed by atoms with Crippen molar-refractivity contribution in [2.75, 3.05) is 6.54 Å². The first-order chi connectivity index (χ1) is 7.83. The molecule has 1 fully saturated rings. The Hall–Kier alpha value is -1.02. The van der Waals surface area contributed by atoms with Gasteiger partial charge in [-0.15, -0.1) is 0 Å². The van der Waals surface area contributed by atoms with Crippen LogP contribution in [0.5, 0.6) is 5.75 Å². The van der Waals surface area contributed by atoms with Crippen molar-refractivity contribution in [1.82, 2.24) is 0 Å². The van der Waals surface area contributed by atoms with Gasteiger partial charge in [0.15, 0.2) is 0 Å². The lowest BCUT2D eigenvalue weighted by molar-refractivity contribution is 0.300. The maximum absolute atomic E-state index is 5.88. The lowest BCUT2D eigenvalue weighted by atomic mass is 10.0. The minimum atomic E-state index is 0.486. The van der Waals surface area contributed by atoms with Gasteiger partial charge < -0.3 is 10.5 Å². The fraction of sp³-hybridized carbons (Fsp3) is 0.571. The van der Waals surface area contributed by atoms with Crippen molar-refractivity contribution in [3.05, 3.63) is 29.3 Å². The molecule has 0 spiro atoms. The predicted molar refractivity (Wildman–Crippen MR) is 66.8 cm³/mol. The smallest absolute Gasteiger partial charge is 0.122 e. The molecule has 88 valence electrons. The molecule has 1 saturated carbocycles. The molecule has 2 heteroatoms. The second kappa shape index (κ2) is 5.35. The van der Waals surface area contributed by atoms with E-state index in [0.717, 1.165) is 31.6 Å². The molecule has 0 bridgehead atoms. The van der Waals surface area contributed by atoms with Gasteiger partial charge in [-0.25, -0.2) is 0 Å². The summed E-state index contributed by atoms with van der Waals surface area (Å²) in [5.41, 5.74) is 8.24. The van der Waals surface area contributed by atoms with E-state index in [4.69, 9.17) is 10.5 Å². The summed E-state index contributed by atoms with van der Waals surface area (Å²) in [6.07, 6.45) is 6.11. The van der Waals surface area contributed by atoms with E-state index in [-0.39, 0.29) is 0 Å². The molecular formula is C14H21NO.